The van der Waals surface area contributed by atoms with Crippen molar-refractivity contribution in [3.63, 3.8) is 0 Å². The third-order valence-corrected chi connectivity index (χ3v) is 4.15. The van der Waals surface area contributed by atoms with Crippen LogP contribution in [0.2, 0.25) is 0 Å². The summed E-state index contributed by atoms with van der Waals surface area (Å²) in [5.74, 6) is -1.28. The zero-order valence-corrected chi connectivity index (χ0v) is 13.2. The Labute approximate surface area is 133 Å². The van der Waals surface area contributed by atoms with Gasteiger partial charge in [0.1, 0.15) is 5.69 Å². The molecule has 2 rings (SSSR count). The number of hydrogen-bond donors (Lipinski definition) is 1. The maximum absolute atomic E-state index is 12.5. The van der Waals surface area contributed by atoms with Crippen LogP contribution in [-0.2, 0) is 6.42 Å². The Morgan fingerprint density at radius 2 is 2.14 bits per heavy atom. The predicted molar refractivity (Wildman–Crippen MR) is 85.4 cm³/mol. The van der Waals surface area contributed by atoms with Gasteiger partial charge in [0, 0.05) is 24.2 Å². The van der Waals surface area contributed by atoms with Crippen LogP contribution < -0.4 is 0 Å². The third kappa shape index (κ3) is 4.14. The first kappa shape index (κ1) is 16.2. The molecule has 0 aromatic carbocycles. The molecule has 0 spiro atoms. The maximum Gasteiger partial charge on any atom is 0.335 e. The summed E-state index contributed by atoms with van der Waals surface area (Å²) in [6.45, 7) is 3.24. The van der Waals surface area contributed by atoms with Gasteiger partial charge in [0.25, 0.3) is 5.91 Å². The van der Waals surface area contributed by atoms with E-state index in [1.54, 1.807) is 16.2 Å². The van der Waals surface area contributed by atoms with Crippen LogP contribution in [-0.4, -0.2) is 40.0 Å². The summed E-state index contributed by atoms with van der Waals surface area (Å²) in [5.41, 5.74) is 0.257. The molecule has 0 saturated carbocycles. The number of carboxylic acid groups (broad SMARTS) is 1. The highest BCUT2D eigenvalue weighted by molar-refractivity contribution is 7.09. The van der Waals surface area contributed by atoms with Crippen LogP contribution in [0.25, 0.3) is 0 Å². The topological polar surface area (TPSA) is 70.5 Å². The van der Waals surface area contributed by atoms with E-state index in [2.05, 4.69) is 4.98 Å². The molecule has 2 aromatic heterocycles. The molecular formula is C16H18N2O3S. The Morgan fingerprint density at radius 3 is 2.77 bits per heavy atom. The van der Waals surface area contributed by atoms with Crippen molar-refractivity contribution in [3.8, 4) is 0 Å². The molecule has 5 nitrogen and oxygen atoms in total. The minimum atomic E-state index is -1.06. The molecule has 0 unspecified atom stereocenters. The number of thiophene rings is 1. The summed E-state index contributed by atoms with van der Waals surface area (Å²) in [5, 5.41) is 11.0. The molecule has 0 radical (unpaired) electrons. The number of amides is 1. The molecule has 0 aliphatic carbocycles. The highest BCUT2D eigenvalue weighted by atomic mass is 32.1. The van der Waals surface area contributed by atoms with Crippen LogP contribution in [0.4, 0.5) is 0 Å². The van der Waals surface area contributed by atoms with Crippen molar-refractivity contribution in [2.45, 2.75) is 19.8 Å². The Hall–Kier alpha value is -2.21. The molecule has 1 N–H and O–H groups in total. The van der Waals surface area contributed by atoms with E-state index < -0.39 is 5.97 Å². The quantitative estimate of drug-likeness (QED) is 0.852. The van der Waals surface area contributed by atoms with Crippen LogP contribution in [0.5, 0.6) is 0 Å². The van der Waals surface area contributed by atoms with Crippen LogP contribution in [0.15, 0.2) is 35.8 Å². The number of rotatable bonds is 7. The van der Waals surface area contributed by atoms with E-state index in [4.69, 9.17) is 5.11 Å². The summed E-state index contributed by atoms with van der Waals surface area (Å²) >= 11 is 1.67. The van der Waals surface area contributed by atoms with E-state index in [9.17, 15) is 9.59 Å². The van der Waals surface area contributed by atoms with Crippen LogP contribution in [0, 0.1) is 0 Å². The van der Waals surface area contributed by atoms with Gasteiger partial charge >= 0.3 is 5.97 Å². The molecule has 1 amide bonds. The molecular weight excluding hydrogens is 300 g/mol. The van der Waals surface area contributed by atoms with Crippen molar-refractivity contribution in [2.24, 2.45) is 0 Å². The van der Waals surface area contributed by atoms with Crippen molar-refractivity contribution in [3.05, 3.63) is 52.0 Å². The molecule has 0 aliphatic heterocycles. The second kappa shape index (κ2) is 7.70. The summed E-state index contributed by atoms with van der Waals surface area (Å²) < 4.78 is 0. The average Bonchev–Trinajstić information content (AvgIpc) is 3.04. The summed E-state index contributed by atoms with van der Waals surface area (Å²) in [6.07, 6.45) is 3.00. The smallest absolute Gasteiger partial charge is 0.335 e. The Bertz CT molecular complexity index is 641. The van der Waals surface area contributed by atoms with E-state index in [1.807, 2.05) is 24.4 Å². The van der Waals surface area contributed by atoms with Gasteiger partial charge in [-0.1, -0.05) is 13.0 Å². The number of pyridine rings is 1. The molecule has 0 aliphatic rings. The molecule has 0 bridgehead atoms. The summed E-state index contributed by atoms with van der Waals surface area (Å²) in [7, 11) is 0. The number of carbonyl (C=O) groups is 2. The van der Waals surface area contributed by atoms with Crippen LogP contribution >= 0.6 is 11.3 Å². The monoisotopic (exact) mass is 318 g/mol. The van der Waals surface area contributed by atoms with E-state index in [1.165, 1.54) is 23.2 Å². The molecule has 6 heteroatoms. The number of carboxylic acids is 1. The molecule has 116 valence electrons. The zero-order chi connectivity index (χ0) is 15.9. The largest absolute Gasteiger partial charge is 0.478 e. The second-order valence-electron chi connectivity index (χ2n) is 4.86. The van der Waals surface area contributed by atoms with Crippen molar-refractivity contribution >= 4 is 23.2 Å². The maximum atomic E-state index is 12.5. The Kier molecular flexibility index (Phi) is 5.66. The van der Waals surface area contributed by atoms with Crippen LogP contribution in [0.1, 0.15) is 39.1 Å². The Morgan fingerprint density at radius 1 is 1.32 bits per heavy atom. The second-order valence-corrected chi connectivity index (χ2v) is 5.89. The number of aromatic carboxylic acids is 1. The summed E-state index contributed by atoms with van der Waals surface area (Å²) in [4.78, 5) is 30.5. The van der Waals surface area contributed by atoms with Gasteiger partial charge in [-0.05, 0) is 36.4 Å². The average molecular weight is 318 g/mol. The molecule has 2 heterocycles. The fourth-order valence-electron chi connectivity index (χ4n) is 2.13. The standard InChI is InChI=1S/C16H18N2O3S/c1-2-8-18(9-6-13-4-3-10-22-13)15(19)14-11-12(16(20)21)5-7-17-14/h3-5,7,10-11H,2,6,8-9H2,1H3,(H,20,21). The lowest BCUT2D eigenvalue weighted by Crippen LogP contribution is -2.34. The highest BCUT2D eigenvalue weighted by Crippen LogP contribution is 2.12. The van der Waals surface area contributed by atoms with E-state index in [-0.39, 0.29) is 17.2 Å². The first-order valence-electron chi connectivity index (χ1n) is 7.12. The fraction of sp³-hybridized carbons (Fsp3) is 0.312. The summed E-state index contributed by atoms with van der Waals surface area (Å²) in [6, 6.07) is 6.75. The normalized spacial score (nSPS) is 10.4. The number of nitrogens with zero attached hydrogens (tertiary/aromatic N) is 2. The zero-order valence-electron chi connectivity index (χ0n) is 12.4. The van der Waals surface area contributed by atoms with Gasteiger partial charge in [-0.15, -0.1) is 11.3 Å². The molecule has 0 fully saturated rings. The van der Waals surface area contributed by atoms with E-state index in [0.717, 1.165) is 12.8 Å². The first-order chi connectivity index (χ1) is 10.6. The van der Waals surface area contributed by atoms with Crippen molar-refractivity contribution < 1.29 is 14.7 Å². The lowest BCUT2D eigenvalue weighted by molar-refractivity contribution is 0.0696. The van der Waals surface area contributed by atoms with Crippen molar-refractivity contribution in [2.75, 3.05) is 13.1 Å². The first-order valence-corrected chi connectivity index (χ1v) is 8.00. The van der Waals surface area contributed by atoms with Crippen LogP contribution in [0.3, 0.4) is 0 Å². The SMILES string of the molecule is CCCN(CCc1cccs1)C(=O)c1cc(C(=O)O)ccn1. The predicted octanol–water partition coefficient (Wildman–Crippen LogP) is 2.94. The number of aromatic nitrogens is 1. The minimum Gasteiger partial charge on any atom is -0.478 e. The van der Waals surface area contributed by atoms with Gasteiger partial charge in [0.2, 0.25) is 0 Å². The molecule has 2 aromatic rings. The van der Waals surface area contributed by atoms with Gasteiger partial charge in [0.05, 0.1) is 5.56 Å². The number of carbonyl (C=O) groups excluding carboxylic acids is 1. The van der Waals surface area contributed by atoms with E-state index >= 15 is 0 Å². The molecule has 22 heavy (non-hydrogen) atoms. The lowest BCUT2D eigenvalue weighted by atomic mass is 10.2. The Balaban J connectivity index is 2.11. The number of hydrogen-bond acceptors (Lipinski definition) is 4. The van der Waals surface area contributed by atoms with Gasteiger partial charge in [-0.2, -0.15) is 0 Å². The highest BCUT2D eigenvalue weighted by Gasteiger charge is 2.18. The molecule has 0 saturated heterocycles. The van der Waals surface area contributed by atoms with Gasteiger partial charge < -0.3 is 10.0 Å². The van der Waals surface area contributed by atoms with Gasteiger partial charge in [-0.3, -0.25) is 9.78 Å². The third-order valence-electron chi connectivity index (χ3n) is 3.21. The van der Waals surface area contributed by atoms with Crippen molar-refractivity contribution in [1.29, 1.82) is 0 Å². The van der Waals surface area contributed by atoms with E-state index in [0.29, 0.717) is 13.1 Å². The van der Waals surface area contributed by atoms with Gasteiger partial charge in [0.15, 0.2) is 0 Å². The van der Waals surface area contributed by atoms with Crippen molar-refractivity contribution in [1.82, 2.24) is 9.88 Å². The fourth-order valence-corrected chi connectivity index (χ4v) is 2.83. The minimum absolute atomic E-state index is 0.0769. The molecule has 0 atom stereocenters. The van der Waals surface area contributed by atoms with Gasteiger partial charge in [-0.25, -0.2) is 4.79 Å². The lowest BCUT2D eigenvalue weighted by Gasteiger charge is -2.21.